The molecule has 86 valence electrons. The van der Waals surface area contributed by atoms with Crippen molar-refractivity contribution in [3.8, 4) is 5.75 Å². The van der Waals surface area contributed by atoms with E-state index in [-0.39, 0.29) is 12.4 Å². The van der Waals surface area contributed by atoms with Crippen molar-refractivity contribution in [2.75, 3.05) is 6.61 Å². The molecule has 0 radical (unpaired) electrons. The van der Waals surface area contributed by atoms with Crippen LogP contribution >= 0.6 is 11.6 Å². The number of hydrogen-bond acceptors (Lipinski definition) is 2. The van der Waals surface area contributed by atoms with Crippen molar-refractivity contribution in [2.24, 2.45) is 0 Å². The molecular weight excluding hydrogens is 224 g/mol. The van der Waals surface area contributed by atoms with Gasteiger partial charge in [-0.25, -0.2) is 0 Å². The highest BCUT2D eigenvalue weighted by molar-refractivity contribution is 6.30. The molecule has 1 aromatic rings. The lowest BCUT2D eigenvalue weighted by molar-refractivity contribution is -0.121. The molecule has 1 rings (SSSR count). The first-order chi connectivity index (χ1) is 7.72. The number of ether oxygens (including phenoxy) is 1. The molecule has 0 spiro atoms. The molecule has 1 aromatic carbocycles. The zero-order chi connectivity index (χ0) is 11.8. The van der Waals surface area contributed by atoms with Gasteiger partial charge in [-0.2, -0.15) is 0 Å². The fourth-order valence-corrected chi connectivity index (χ4v) is 1.42. The molecule has 0 aliphatic carbocycles. The van der Waals surface area contributed by atoms with Crippen molar-refractivity contribution in [3.63, 3.8) is 0 Å². The third-order valence-electron chi connectivity index (χ3n) is 2.06. The van der Waals surface area contributed by atoms with Gasteiger partial charge in [0, 0.05) is 11.4 Å². The van der Waals surface area contributed by atoms with Gasteiger partial charge >= 0.3 is 0 Å². The molecular formula is C13H15ClO2. The fraction of sp³-hybridized carbons (Fsp3) is 0.308. The number of ketones is 1. The second-order valence-corrected chi connectivity index (χ2v) is 3.90. The van der Waals surface area contributed by atoms with Crippen LogP contribution in [0.5, 0.6) is 5.75 Å². The maximum atomic E-state index is 11.4. The van der Waals surface area contributed by atoms with Crippen LogP contribution in [0, 0.1) is 0 Å². The molecule has 0 fully saturated rings. The van der Waals surface area contributed by atoms with Crippen molar-refractivity contribution in [3.05, 3.63) is 41.9 Å². The second-order valence-electron chi connectivity index (χ2n) is 3.47. The topological polar surface area (TPSA) is 26.3 Å². The first-order valence-electron chi connectivity index (χ1n) is 5.23. The summed E-state index contributed by atoms with van der Waals surface area (Å²) in [5, 5.41) is 0.608. The van der Waals surface area contributed by atoms with Crippen molar-refractivity contribution in [1.82, 2.24) is 0 Å². The number of unbranched alkanes of at least 4 members (excludes halogenated alkanes) is 1. The molecule has 0 aliphatic rings. The zero-order valence-corrected chi connectivity index (χ0v) is 9.87. The Balaban J connectivity index is 2.28. The van der Waals surface area contributed by atoms with Gasteiger partial charge in [0.15, 0.2) is 5.78 Å². The molecule has 16 heavy (non-hydrogen) atoms. The normalized spacial score (nSPS) is 9.81. The highest BCUT2D eigenvalue weighted by Crippen LogP contribution is 2.17. The van der Waals surface area contributed by atoms with Gasteiger partial charge in [0.25, 0.3) is 0 Å². The molecule has 0 N–H and O–H groups in total. The smallest absolute Gasteiger partial charge is 0.170 e. The molecule has 0 bridgehead atoms. The van der Waals surface area contributed by atoms with Crippen molar-refractivity contribution in [2.45, 2.75) is 19.3 Å². The number of carbonyl (C=O) groups is 1. The molecule has 0 amide bonds. The van der Waals surface area contributed by atoms with E-state index in [1.165, 1.54) is 0 Å². The van der Waals surface area contributed by atoms with Gasteiger partial charge in [0.2, 0.25) is 0 Å². The van der Waals surface area contributed by atoms with Gasteiger partial charge in [-0.05, 0) is 31.0 Å². The van der Waals surface area contributed by atoms with Crippen LogP contribution in [0.1, 0.15) is 19.3 Å². The van der Waals surface area contributed by atoms with E-state index in [2.05, 4.69) is 6.58 Å². The fourth-order valence-electron chi connectivity index (χ4n) is 1.24. The van der Waals surface area contributed by atoms with Gasteiger partial charge in [-0.3, -0.25) is 4.79 Å². The Bertz CT molecular complexity index is 361. The summed E-state index contributed by atoms with van der Waals surface area (Å²) in [4.78, 5) is 11.4. The Morgan fingerprint density at radius 2 is 2.31 bits per heavy atom. The molecule has 0 atom stereocenters. The van der Waals surface area contributed by atoms with E-state index in [0.29, 0.717) is 17.2 Å². The number of rotatable bonds is 7. The maximum absolute atomic E-state index is 11.4. The van der Waals surface area contributed by atoms with Crippen LogP contribution in [0.4, 0.5) is 0 Å². The molecule has 0 saturated heterocycles. The highest BCUT2D eigenvalue weighted by Gasteiger charge is 2.02. The van der Waals surface area contributed by atoms with Crippen molar-refractivity contribution < 1.29 is 9.53 Å². The lowest BCUT2D eigenvalue weighted by atomic mass is 10.2. The Labute approximate surface area is 101 Å². The quantitative estimate of drug-likeness (QED) is 0.536. The average Bonchev–Trinajstić information content (AvgIpc) is 2.27. The summed E-state index contributed by atoms with van der Waals surface area (Å²) in [5.41, 5.74) is 0. The number of benzene rings is 1. The van der Waals surface area contributed by atoms with E-state index in [1.54, 1.807) is 24.3 Å². The number of allylic oxidation sites excluding steroid dienone is 1. The number of hydrogen-bond donors (Lipinski definition) is 0. The van der Waals surface area contributed by atoms with Crippen LogP contribution in [0.3, 0.4) is 0 Å². The van der Waals surface area contributed by atoms with Crippen LogP contribution in [0.25, 0.3) is 0 Å². The van der Waals surface area contributed by atoms with E-state index in [0.717, 1.165) is 12.8 Å². The standard InChI is InChI=1S/C13H15ClO2/c1-2-3-4-7-12(15)10-16-13-8-5-6-11(14)9-13/h2,5-6,8-9H,1,3-4,7,10H2. The molecule has 0 unspecified atom stereocenters. The van der Waals surface area contributed by atoms with Gasteiger partial charge in [0.1, 0.15) is 12.4 Å². The summed E-state index contributed by atoms with van der Waals surface area (Å²) in [5.74, 6) is 0.728. The lowest BCUT2D eigenvalue weighted by Crippen LogP contribution is -2.10. The van der Waals surface area contributed by atoms with Gasteiger partial charge in [0.05, 0.1) is 0 Å². The summed E-state index contributed by atoms with van der Waals surface area (Å²) in [6.07, 6.45) is 4.04. The van der Waals surface area contributed by atoms with E-state index in [1.807, 2.05) is 6.08 Å². The Kier molecular flexibility index (Phi) is 5.65. The molecule has 3 heteroatoms. The van der Waals surface area contributed by atoms with E-state index in [9.17, 15) is 4.79 Å². The SMILES string of the molecule is C=CCCCC(=O)COc1cccc(Cl)c1. The number of carbonyl (C=O) groups excluding carboxylic acids is 1. The van der Waals surface area contributed by atoms with Gasteiger partial charge in [-0.1, -0.05) is 23.7 Å². The summed E-state index contributed by atoms with van der Waals surface area (Å²) in [6, 6.07) is 7.03. The molecule has 0 aromatic heterocycles. The lowest BCUT2D eigenvalue weighted by Gasteiger charge is -2.05. The Hall–Kier alpha value is -1.28. The predicted octanol–water partition coefficient (Wildman–Crippen LogP) is 3.64. The van der Waals surface area contributed by atoms with Crippen LogP contribution in [-0.4, -0.2) is 12.4 Å². The minimum Gasteiger partial charge on any atom is -0.486 e. The van der Waals surface area contributed by atoms with Gasteiger partial charge in [-0.15, -0.1) is 6.58 Å². The summed E-state index contributed by atoms with van der Waals surface area (Å²) in [6.45, 7) is 3.71. The predicted molar refractivity (Wildman–Crippen MR) is 66.0 cm³/mol. The molecule has 0 saturated carbocycles. The molecule has 2 nitrogen and oxygen atoms in total. The van der Waals surface area contributed by atoms with E-state index >= 15 is 0 Å². The first-order valence-corrected chi connectivity index (χ1v) is 5.61. The van der Waals surface area contributed by atoms with E-state index in [4.69, 9.17) is 16.3 Å². The summed E-state index contributed by atoms with van der Waals surface area (Å²) >= 11 is 5.79. The Morgan fingerprint density at radius 1 is 1.50 bits per heavy atom. The zero-order valence-electron chi connectivity index (χ0n) is 9.12. The van der Waals surface area contributed by atoms with Crippen LogP contribution in [0.15, 0.2) is 36.9 Å². The minimum atomic E-state index is 0.0989. The van der Waals surface area contributed by atoms with E-state index < -0.39 is 0 Å². The van der Waals surface area contributed by atoms with Gasteiger partial charge < -0.3 is 4.74 Å². The molecule has 0 aliphatic heterocycles. The molecule has 0 heterocycles. The average molecular weight is 239 g/mol. The first kappa shape index (κ1) is 12.8. The third-order valence-corrected chi connectivity index (χ3v) is 2.29. The van der Waals surface area contributed by atoms with Crippen LogP contribution < -0.4 is 4.74 Å². The monoisotopic (exact) mass is 238 g/mol. The largest absolute Gasteiger partial charge is 0.486 e. The van der Waals surface area contributed by atoms with Crippen molar-refractivity contribution >= 4 is 17.4 Å². The second kappa shape index (κ2) is 7.07. The van der Waals surface area contributed by atoms with Crippen molar-refractivity contribution in [1.29, 1.82) is 0 Å². The van der Waals surface area contributed by atoms with Crippen LogP contribution in [-0.2, 0) is 4.79 Å². The maximum Gasteiger partial charge on any atom is 0.170 e. The summed E-state index contributed by atoms with van der Waals surface area (Å²) < 4.78 is 5.32. The highest BCUT2D eigenvalue weighted by atomic mass is 35.5. The minimum absolute atomic E-state index is 0.0989. The number of Topliss-reactive ketones (excluding diaryl/α,β-unsaturated/α-hetero) is 1. The summed E-state index contributed by atoms with van der Waals surface area (Å²) in [7, 11) is 0. The third kappa shape index (κ3) is 4.99. The Morgan fingerprint density at radius 3 is 3.00 bits per heavy atom. The van der Waals surface area contributed by atoms with Crippen LogP contribution in [0.2, 0.25) is 5.02 Å². The number of halogens is 1.